The fraction of sp³-hybridized carbons (Fsp3) is 0.259. The highest BCUT2D eigenvalue weighted by atomic mass is 16.7. The second kappa shape index (κ2) is 10.9. The second-order valence-electron chi connectivity index (χ2n) is 8.22. The molecule has 4 rings (SSSR count). The van der Waals surface area contributed by atoms with Gasteiger partial charge in [0, 0.05) is 29.7 Å². The van der Waals surface area contributed by atoms with Gasteiger partial charge in [-0.3, -0.25) is 4.79 Å². The zero-order chi connectivity index (χ0) is 25.7. The molecule has 0 saturated heterocycles. The highest BCUT2D eigenvalue weighted by Gasteiger charge is 2.17. The first kappa shape index (κ1) is 24.7. The fourth-order valence-electron chi connectivity index (χ4n) is 3.89. The number of amides is 1. The van der Waals surface area contributed by atoms with Crippen LogP contribution >= 0.6 is 0 Å². The average Bonchev–Trinajstić information content (AvgIpc) is 3.47. The number of nitrogens with one attached hydrogen (secondary N) is 1. The van der Waals surface area contributed by atoms with Gasteiger partial charge >= 0.3 is 0 Å². The number of aromatic nitrogens is 1. The lowest BCUT2D eigenvalue weighted by atomic mass is 10.1. The Morgan fingerprint density at radius 3 is 2.61 bits per heavy atom. The normalized spacial score (nSPS) is 13.1. The van der Waals surface area contributed by atoms with Gasteiger partial charge in [0.2, 0.25) is 6.79 Å². The molecule has 3 aromatic rings. The number of carbonyl (C=O) groups excluding carboxylic acids is 1. The molecular weight excluding hydrogens is 462 g/mol. The quantitative estimate of drug-likeness (QED) is 0.350. The SMILES string of the molecule is COc1ccc(-n2c(C)cc(/C=C(/C#N)C(=O)NCC(O)COc3ccc4c(c3)OCO4)c2C)cc1. The lowest BCUT2D eigenvalue weighted by Crippen LogP contribution is -2.35. The van der Waals surface area contributed by atoms with E-state index in [9.17, 15) is 15.2 Å². The van der Waals surface area contributed by atoms with Gasteiger partial charge in [0.05, 0.1) is 7.11 Å². The maximum atomic E-state index is 12.6. The van der Waals surface area contributed by atoms with E-state index in [-0.39, 0.29) is 25.5 Å². The summed E-state index contributed by atoms with van der Waals surface area (Å²) in [5, 5.41) is 22.4. The van der Waals surface area contributed by atoms with Crippen molar-refractivity contribution in [3.8, 4) is 34.8 Å². The van der Waals surface area contributed by atoms with E-state index in [1.807, 2.05) is 54.8 Å². The maximum Gasteiger partial charge on any atom is 0.262 e. The van der Waals surface area contributed by atoms with Crippen molar-refractivity contribution >= 4 is 12.0 Å². The van der Waals surface area contributed by atoms with Crippen LogP contribution in [0.2, 0.25) is 0 Å². The number of nitrogens with zero attached hydrogens (tertiary/aromatic N) is 2. The van der Waals surface area contributed by atoms with Crippen molar-refractivity contribution in [1.82, 2.24) is 9.88 Å². The summed E-state index contributed by atoms with van der Waals surface area (Å²) in [6, 6.07) is 16.6. The van der Waals surface area contributed by atoms with Gasteiger partial charge in [-0.25, -0.2) is 0 Å². The largest absolute Gasteiger partial charge is 0.497 e. The summed E-state index contributed by atoms with van der Waals surface area (Å²) in [5.41, 5.74) is 3.47. The lowest BCUT2D eigenvalue weighted by Gasteiger charge is -2.13. The van der Waals surface area contributed by atoms with Crippen molar-refractivity contribution < 1.29 is 28.8 Å². The topological polar surface area (TPSA) is 115 Å². The minimum Gasteiger partial charge on any atom is -0.497 e. The van der Waals surface area contributed by atoms with Crippen LogP contribution in [-0.2, 0) is 4.79 Å². The summed E-state index contributed by atoms with van der Waals surface area (Å²) in [6.07, 6.45) is 0.576. The molecule has 2 heterocycles. The molecule has 0 spiro atoms. The number of hydrogen-bond donors (Lipinski definition) is 2. The molecule has 2 N–H and O–H groups in total. The minimum atomic E-state index is -0.973. The van der Waals surface area contributed by atoms with E-state index in [1.165, 1.54) is 0 Å². The predicted molar refractivity (Wildman–Crippen MR) is 132 cm³/mol. The molecule has 9 heteroatoms. The third-order valence-electron chi connectivity index (χ3n) is 5.75. The first-order chi connectivity index (χ1) is 17.4. The van der Waals surface area contributed by atoms with E-state index >= 15 is 0 Å². The summed E-state index contributed by atoms with van der Waals surface area (Å²) >= 11 is 0. The van der Waals surface area contributed by atoms with Crippen molar-refractivity contribution in [2.24, 2.45) is 0 Å². The number of benzene rings is 2. The Labute approximate surface area is 209 Å². The van der Waals surface area contributed by atoms with E-state index in [1.54, 1.807) is 31.4 Å². The van der Waals surface area contributed by atoms with Crippen molar-refractivity contribution in [2.75, 3.05) is 27.1 Å². The number of hydrogen-bond acceptors (Lipinski definition) is 7. The molecule has 1 unspecified atom stereocenters. The molecule has 1 amide bonds. The van der Waals surface area contributed by atoms with Crippen LogP contribution in [0.4, 0.5) is 0 Å². The van der Waals surface area contributed by atoms with E-state index < -0.39 is 12.0 Å². The summed E-state index contributed by atoms with van der Waals surface area (Å²) in [5.74, 6) is 1.90. The first-order valence-electron chi connectivity index (χ1n) is 11.3. The molecule has 0 aliphatic carbocycles. The van der Waals surface area contributed by atoms with Crippen molar-refractivity contribution in [3.05, 3.63) is 71.1 Å². The van der Waals surface area contributed by atoms with Crippen molar-refractivity contribution in [2.45, 2.75) is 20.0 Å². The van der Waals surface area contributed by atoms with E-state index in [4.69, 9.17) is 18.9 Å². The third kappa shape index (κ3) is 5.45. The number of aliphatic hydroxyl groups is 1. The monoisotopic (exact) mass is 489 g/mol. The van der Waals surface area contributed by atoms with Crippen molar-refractivity contribution in [3.63, 3.8) is 0 Å². The van der Waals surface area contributed by atoms with E-state index in [0.29, 0.717) is 17.2 Å². The number of nitriles is 1. The molecule has 0 bridgehead atoms. The zero-order valence-electron chi connectivity index (χ0n) is 20.3. The Hall–Kier alpha value is -4.42. The van der Waals surface area contributed by atoms with Crippen LogP contribution < -0.4 is 24.3 Å². The summed E-state index contributed by atoms with van der Waals surface area (Å²) < 4.78 is 23.4. The predicted octanol–water partition coefficient (Wildman–Crippen LogP) is 3.29. The highest BCUT2D eigenvalue weighted by Crippen LogP contribution is 2.35. The molecule has 0 radical (unpaired) electrons. The molecule has 1 aliphatic rings. The van der Waals surface area contributed by atoms with Crippen molar-refractivity contribution in [1.29, 1.82) is 5.26 Å². The Kier molecular flexibility index (Phi) is 7.47. The second-order valence-corrected chi connectivity index (χ2v) is 8.22. The summed E-state index contributed by atoms with van der Waals surface area (Å²) in [7, 11) is 1.62. The number of rotatable bonds is 9. The Morgan fingerprint density at radius 2 is 1.89 bits per heavy atom. The standard InChI is InChI=1S/C27H27N3O6/c1-17-10-19(18(2)30(17)21-4-6-23(33-3)7-5-21)11-20(13-28)27(32)29-14-22(31)15-34-24-8-9-25-26(12-24)36-16-35-25/h4-12,22,31H,14-16H2,1-3H3,(H,29,32)/b20-11-. The maximum absolute atomic E-state index is 12.6. The van der Waals surface area contributed by atoms with Crippen LogP contribution in [-0.4, -0.2) is 48.7 Å². The molecule has 186 valence electrons. The molecule has 9 nitrogen and oxygen atoms in total. The molecule has 1 aliphatic heterocycles. The van der Waals surface area contributed by atoms with Gasteiger partial charge in [-0.1, -0.05) is 0 Å². The molecular formula is C27H27N3O6. The van der Waals surface area contributed by atoms with Gasteiger partial charge in [-0.2, -0.15) is 5.26 Å². The molecule has 36 heavy (non-hydrogen) atoms. The van der Waals surface area contributed by atoms with Gasteiger partial charge < -0.3 is 33.9 Å². The Morgan fingerprint density at radius 1 is 1.17 bits per heavy atom. The molecule has 1 atom stereocenters. The zero-order valence-corrected chi connectivity index (χ0v) is 20.3. The van der Waals surface area contributed by atoms with E-state index in [0.717, 1.165) is 28.4 Å². The average molecular weight is 490 g/mol. The summed E-state index contributed by atoms with van der Waals surface area (Å²) in [4.78, 5) is 12.6. The number of methoxy groups -OCH3 is 1. The van der Waals surface area contributed by atoms with Gasteiger partial charge in [-0.15, -0.1) is 0 Å². The number of aryl methyl sites for hydroxylation is 1. The van der Waals surface area contributed by atoms with Crippen LogP contribution in [0.25, 0.3) is 11.8 Å². The Balaban J connectivity index is 1.37. The van der Waals surface area contributed by atoms with Crippen LogP contribution in [0.1, 0.15) is 17.0 Å². The third-order valence-corrected chi connectivity index (χ3v) is 5.75. The minimum absolute atomic E-state index is 0.0471. The number of carbonyl (C=O) groups is 1. The van der Waals surface area contributed by atoms with Gasteiger partial charge in [0.25, 0.3) is 5.91 Å². The fourth-order valence-corrected chi connectivity index (χ4v) is 3.89. The summed E-state index contributed by atoms with van der Waals surface area (Å²) in [6.45, 7) is 3.92. The molecule has 0 fully saturated rings. The molecule has 0 saturated carbocycles. The first-order valence-corrected chi connectivity index (χ1v) is 11.3. The van der Waals surface area contributed by atoms with Gasteiger partial charge in [0.15, 0.2) is 11.5 Å². The van der Waals surface area contributed by atoms with Crippen LogP contribution in [0.5, 0.6) is 23.0 Å². The number of fused-ring (bicyclic) bond motifs is 1. The smallest absolute Gasteiger partial charge is 0.262 e. The van der Waals surface area contributed by atoms with Crippen LogP contribution in [0.15, 0.2) is 54.1 Å². The molecule has 1 aromatic heterocycles. The Bertz CT molecular complexity index is 1320. The highest BCUT2D eigenvalue weighted by molar-refractivity contribution is 6.01. The van der Waals surface area contributed by atoms with Gasteiger partial charge in [-0.05, 0) is 68.0 Å². The van der Waals surface area contributed by atoms with E-state index in [2.05, 4.69) is 5.32 Å². The number of aliphatic hydroxyl groups excluding tert-OH is 1. The van der Waals surface area contributed by atoms with Gasteiger partial charge in [0.1, 0.15) is 35.9 Å². The number of ether oxygens (including phenoxy) is 4. The molecule has 2 aromatic carbocycles. The van der Waals surface area contributed by atoms with Crippen LogP contribution in [0.3, 0.4) is 0 Å². The van der Waals surface area contributed by atoms with Crippen LogP contribution in [0, 0.1) is 25.2 Å². The lowest BCUT2D eigenvalue weighted by molar-refractivity contribution is -0.117.